The quantitative estimate of drug-likeness (QED) is 0.385. The average molecular weight is 441 g/mol. The van der Waals surface area contributed by atoms with Crippen LogP contribution in [0.15, 0.2) is 18.2 Å². The van der Waals surface area contributed by atoms with Crippen molar-refractivity contribution in [2.45, 2.75) is 78.0 Å². The zero-order valence-electron chi connectivity index (χ0n) is 18.2. The molecule has 5 N–H and O–H groups in total. The molecule has 174 valence electrons. The van der Waals surface area contributed by atoms with Gasteiger partial charge in [-0.05, 0) is 52.3 Å². The van der Waals surface area contributed by atoms with Gasteiger partial charge in [0.05, 0.1) is 11.1 Å². The summed E-state index contributed by atoms with van der Waals surface area (Å²) in [6.45, 7) is 9.08. The van der Waals surface area contributed by atoms with Crippen LogP contribution >= 0.6 is 0 Å². The Balaban J connectivity index is 2.22. The van der Waals surface area contributed by atoms with E-state index in [1.54, 1.807) is 39.0 Å². The van der Waals surface area contributed by atoms with Gasteiger partial charge in [-0.1, -0.05) is 6.07 Å². The van der Waals surface area contributed by atoms with Crippen molar-refractivity contribution in [3.8, 4) is 5.75 Å². The largest absolute Gasteiger partial charge is 0.479 e. The molecule has 0 aromatic heterocycles. The van der Waals surface area contributed by atoms with Gasteiger partial charge in [0.15, 0.2) is 6.10 Å². The summed E-state index contributed by atoms with van der Waals surface area (Å²) in [6, 6.07) is 4.88. The molecule has 0 amide bonds. The summed E-state index contributed by atoms with van der Waals surface area (Å²) in [6.07, 6.45) is -8.54. The number of rotatable bonds is 7. The molecule has 0 aliphatic carbocycles. The molecule has 5 atom stereocenters. The minimum absolute atomic E-state index is 0.00824. The SMILES string of the molecule is CC(C)Nc1cc(COC(=O)C(C)(C)C)ccc1O[C@@H]1O[C@H](C(=O)O)[C@@H](O)[C@H](O)[C@H]1O. The summed E-state index contributed by atoms with van der Waals surface area (Å²) in [5.74, 6) is -1.63. The molecule has 1 aromatic carbocycles. The summed E-state index contributed by atoms with van der Waals surface area (Å²) in [7, 11) is 0. The molecule has 10 nitrogen and oxygen atoms in total. The van der Waals surface area contributed by atoms with E-state index in [9.17, 15) is 30.0 Å². The van der Waals surface area contributed by atoms with Crippen molar-refractivity contribution in [2.75, 3.05) is 5.32 Å². The number of carboxylic acids is 1. The molecule has 0 unspecified atom stereocenters. The second-order valence-electron chi connectivity index (χ2n) is 8.81. The van der Waals surface area contributed by atoms with Crippen LogP contribution in [0.1, 0.15) is 40.2 Å². The molecular formula is C21H31NO9. The predicted molar refractivity (Wildman–Crippen MR) is 109 cm³/mol. The predicted octanol–water partition coefficient (Wildman–Crippen LogP) is 0.867. The Morgan fingerprint density at radius 1 is 1.13 bits per heavy atom. The van der Waals surface area contributed by atoms with Crippen LogP contribution in [0, 0.1) is 5.41 Å². The lowest BCUT2D eigenvalue weighted by Gasteiger charge is -2.38. The third-order valence-corrected chi connectivity index (χ3v) is 4.53. The van der Waals surface area contributed by atoms with Crippen molar-refractivity contribution in [2.24, 2.45) is 5.41 Å². The highest BCUT2D eigenvalue weighted by Crippen LogP contribution is 2.31. The Morgan fingerprint density at radius 2 is 1.77 bits per heavy atom. The summed E-state index contributed by atoms with van der Waals surface area (Å²) in [5, 5.41) is 42.3. The average Bonchev–Trinajstić information content (AvgIpc) is 2.66. The third-order valence-electron chi connectivity index (χ3n) is 4.53. The molecule has 2 rings (SSSR count). The number of carboxylic acid groups (broad SMARTS) is 1. The van der Waals surface area contributed by atoms with Crippen LogP contribution in [0.3, 0.4) is 0 Å². The van der Waals surface area contributed by atoms with Crippen LogP contribution in [-0.2, 0) is 25.7 Å². The van der Waals surface area contributed by atoms with Crippen molar-refractivity contribution < 1.29 is 44.2 Å². The van der Waals surface area contributed by atoms with Gasteiger partial charge in [-0.25, -0.2) is 4.79 Å². The zero-order chi connectivity index (χ0) is 23.5. The van der Waals surface area contributed by atoms with Crippen molar-refractivity contribution in [3.05, 3.63) is 23.8 Å². The fraction of sp³-hybridized carbons (Fsp3) is 0.619. The highest BCUT2D eigenvalue weighted by molar-refractivity contribution is 5.75. The van der Waals surface area contributed by atoms with E-state index >= 15 is 0 Å². The minimum Gasteiger partial charge on any atom is -0.479 e. The number of aliphatic carboxylic acids is 1. The Morgan fingerprint density at radius 3 is 2.32 bits per heavy atom. The zero-order valence-corrected chi connectivity index (χ0v) is 18.2. The molecule has 1 heterocycles. The van der Waals surface area contributed by atoms with E-state index in [1.165, 1.54) is 0 Å². The first-order chi connectivity index (χ1) is 14.3. The highest BCUT2D eigenvalue weighted by atomic mass is 16.7. The van der Waals surface area contributed by atoms with E-state index in [4.69, 9.17) is 14.2 Å². The van der Waals surface area contributed by atoms with Crippen LogP contribution < -0.4 is 10.1 Å². The maximum atomic E-state index is 12.0. The van der Waals surface area contributed by atoms with Crippen LogP contribution in [0.2, 0.25) is 0 Å². The highest BCUT2D eigenvalue weighted by Gasteiger charge is 2.48. The van der Waals surface area contributed by atoms with Gasteiger partial charge in [-0.3, -0.25) is 4.79 Å². The summed E-state index contributed by atoms with van der Waals surface area (Å²) in [4.78, 5) is 23.3. The Bertz CT molecular complexity index is 790. The van der Waals surface area contributed by atoms with Crippen LogP contribution in [0.5, 0.6) is 5.75 Å². The maximum absolute atomic E-state index is 12.0. The monoisotopic (exact) mass is 441 g/mol. The van der Waals surface area contributed by atoms with Gasteiger partial charge >= 0.3 is 11.9 Å². The van der Waals surface area contributed by atoms with E-state index in [0.717, 1.165) is 0 Å². The van der Waals surface area contributed by atoms with Crippen molar-refractivity contribution in [1.82, 2.24) is 0 Å². The van der Waals surface area contributed by atoms with E-state index in [-0.39, 0.29) is 24.4 Å². The number of benzene rings is 1. The summed E-state index contributed by atoms with van der Waals surface area (Å²) in [5.41, 5.74) is 0.530. The normalized spacial score (nSPS) is 26.4. The first-order valence-electron chi connectivity index (χ1n) is 9.97. The topological polar surface area (TPSA) is 155 Å². The molecule has 1 fully saturated rings. The number of ether oxygens (including phenoxy) is 3. The number of carbonyl (C=O) groups excluding carboxylic acids is 1. The van der Waals surface area contributed by atoms with Gasteiger partial charge in [0.1, 0.15) is 30.7 Å². The van der Waals surface area contributed by atoms with E-state index < -0.39 is 42.1 Å². The smallest absolute Gasteiger partial charge is 0.335 e. The van der Waals surface area contributed by atoms with E-state index in [2.05, 4.69) is 5.32 Å². The second kappa shape index (κ2) is 9.82. The molecule has 1 aliphatic rings. The van der Waals surface area contributed by atoms with Gasteiger partial charge in [-0.2, -0.15) is 0 Å². The van der Waals surface area contributed by atoms with Gasteiger partial charge in [0.2, 0.25) is 6.29 Å². The lowest BCUT2D eigenvalue weighted by atomic mass is 9.97. The fourth-order valence-corrected chi connectivity index (χ4v) is 2.83. The first kappa shape index (κ1) is 24.9. The lowest BCUT2D eigenvalue weighted by Crippen LogP contribution is -2.61. The van der Waals surface area contributed by atoms with Gasteiger partial charge in [0.25, 0.3) is 0 Å². The van der Waals surface area contributed by atoms with Gasteiger partial charge in [-0.15, -0.1) is 0 Å². The molecular weight excluding hydrogens is 410 g/mol. The van der Waals surface area contributed by atoms with Crippen molar-refractivity contribution >= 4 is 17.6 Å². The summed E-state index contributed by atoms with van der Waals surface area (Å²) < 4.78 is 16.2. The number of hydrogen-bond acceptors (Lipinski definition) is 9. The maximum Gasteiger partial charge on any atom is 0.335 e. The van der Waals surface area contributed by atoms with Crippen LogP contribution in [-0.4, -0.2) is 69.1 Å². The molecule has 10 heteroatoms. The number of aliphatic hydroxyl groups excluding tert-OH is 3. The van der Waals surface area contributed by atoms with Crippen LogP contribution in [0.4, 0.5) is 5.69 Å². The molecule has 1 aliphatic heterocycles. The van der Waals surface area contributed by atoms with Crippen molar-refractivity contribution in [1.29, 1.82) is 0 Å². The molecule has 1 saturated heterocycles. The Kier molecular flexibility index (Phi) is 7.87. The molecule has 1 aromatic rings. The number of nitrogens with one attached hydrogen (secondary N) is 1. The minimum atomic E-state index is -1.81. The number of carbonyl (C=O) groups is 2. The third kappa shape index (κ3) is 6.30. The Labute approximate surface area is 180 Å². The molecule has 0 bridgehead atoms. The number of anilines is 1. The van der Waals surface area contributed by atoms with Gasteiger partial charge < -0.3 is 40.0 Å². The summed E-state index contributed by atoms with van der Waals surface area (Å²) >= 11 is 0. The van der Waals surface area contributed by atoms with E-state index in [1.807, 2.05) is 13.8 Å². The second-order valence-corrected chi connectivity index (χ2v) is 8.81. The standard InChI is InChI=1S/C21H31NO9/c1-10(2)22-12-8-11(9-29-20(28)21(3,4)5)6-7-13(12)30-19-16(25)14(23)15(24)17(31-19)18(26)27/h6-8,10,14-17,19,22-25H,9H2,1-5H3,(H,26,27)/t14-,15-,16+,17-,19+/m0/s1. The Hall–Kier alpha value is -2.40. The van der Waals surface area contributed by atoms with Gasteiger partial charge in [0, 0.05) is 6.04 Å². The number of esters is 1. The molecule has 0 radical (unpaired) electrons. The number of aliphatic hydroxyl groups is 3. The molecule has 0 spiro atoms. The first-order valence-corrected chi connectivity index (χ1v) is 9.97. The van der Waals surface area contributed by atoms with Crippen LogP contribution in [0.25, 0.3) is 0 Å². The lowest BCUT2D eigenvalue weighted by molar-refractivity contribution is -0.271. The molecule has 0 saturated carbocycles. The molecule has 31 heavy (non-hydrogen) atoms. The van der Waals surface area contributed by atoms with Crippen molar-refractivity contribution in [3.63, 3.8) is 0 Å². The van der Waals surface area contributed by atoms with E-state index in [0.29, 0.717) is 11.3 Å². The number of hydrogen-bond donors (Lipinski definition) is 5. The fourth-order valence-electron chi connectivity index (χ4n) is 2.83.